The lowest BCUT2D eigenvalue weighted by molar-refractivity contribution is 0.102. The predicted molar refractivity (Wildman–Crippen MR) is 116 cm³/mol. The second-order valence-electron chi connectivity index (χ2n) is 6.97. The van der Waals surface area contributed by atoms with E-state index < -0.39 is 0 Å². The Kier molecular flexibility index (Phi) is 5.47. The fourth-order valence-corrected chi connectivity index (χ4v) is 2.96. The van der Waals surface area contributed by atoms with Crippen molar-refractivity contribution in [3.8, 4) is 11.5 Å². The molecule has 2 N–H and O–H groups in total. The van der Waals surface area contributed by atoms with Crippen molar-refractivity contribution in [3.63, 3.8) is 0 Å². The van der Waals surface area contributed by atoms with Crippen LogP contribution in [0.4, 0.5) is 17.2 Å². The van der Waals surface area contributed by atoms with Crippen LogP contribution in [0.25, 0.3) is 11.5 Å². The first-order valence-electron chi connectivity index (χ1n) is 9.55. The fourth-order valence-electron chi connectivity index (χ4n) is 2.96. The third kappa shape index (κ3) is 4.33. The molecule has 0 aliphatic carbocycles. The Morgan fingerprint density at radius 1 is 1.03 bits per heavy atom. The third-order valence-corrected chi connectivity index (χ3v) is 4.42. The van der Waals surface area contributed by atoms with Gasteiger partial charge >= 0.3 is 0 Å². The molecule has 0 spiro atoms. The van der Waals surface area contributed by atoms with Crippen LogP contribution in [0.15, 0.2) is 73.3 Å². The number of nitrogens with zero attached hydrogens (tertiary/aromatic N) is 5. The van der Waals surface area contributed by atoms with Gasteiger partial charge in [0.1, 0.15) is 17.8 Å². The van der Waals surface area contributed by atoms with Gasteiger partial charge < -0.3 is 15.2 Å². The average Bonchev–Trinajstić information content (AvgIpc) is 3.25. The minimum atomic E-state index is -0.250. The Balaban J connectivity index is 1.52. The van der Waals surface area contributed by atoms with Gasteiger partial charge in [-0.15, -0.1) is 10.2 Å². The molecule has 8 nitrogen and oxygen atoms in total. The van der Waals surface area contributed by atoms with Crippen LogP contribution in [0.2, 0.25) is 0 Å². The summed E-state index contributed by atoms with van der Waals surface area (Å²) in [5.74, 6) is 0.852. The summed E-state index contributed by atoms with van der Waals surface area (Å²) in [6.07, 6.45) is 5.10. The highest BCUT2D eigenvalue weighted by molar-refractivity contribution is 6.04. The normalized spacial score (nSPS) is 10.8. The number of benzene rings is 1. The van der Waals surface area contributed by atoms with Crippen molar-refractivity contribution in [2.24, 2.45) is 0 Å². The highest BCUT2D eigenvalue weighted by atomic mass is 16.1. The molecule has 4 rings (SSSR count). The van der Waals surface area contributed by atoms with Gasteiger partial charge in [-0.25, -0.2) is 4.98 Å². The Bertz CT molecular complexity index is 1150. The Labute approximate surface area is 174 Å². The van der Waals surface area contributed by atoms with Crippen molar-refractivity contribution in [3.05, 3.63) is 78.9 Å². The van der Waals surface area contributed by atoms with Gasteiger partial charge in [-0.3, -0.25) is 9.78 Å². The first kappa shape index (κ1) is 19.3. The van der Waals surface area contributed by atoms with Crippen molar-refractivity contribution < 1.29 is 4.79 Å². The van der Waals surface area contributed by atoms with Gasteiger partial charge in [-0.1, -0.05) is 12.1 Å². The van der Waals surface area contributed by atoms with Crippen LogP contribution in [-0.4, -0.2) is 30.6 Å². The zero-order chi connectivity index (χ0) is 20.9. The molecule has 0 radical (unpaired) electrons. The van der Waals surface area contributed by atoms with Crippen molar-refractivity contribution in [2.45, 2.75) is 19.9 Å². The average molecular weight is 399 g/mol. The van der Waals surface area contributed by atoms with E-state index in [1.165, 1.54) is 0 Å². The third-order valence-electron chi connectivity index (χ3n) is 4.42. The van der Waals surface area contributed by atoms with Crippen LogP contribution in [0.1, 0.15) is 30.2 Å². The predicted octanol–water partition coefficient (Wildman–Crippen LogP) is 4.31. The molecule has 0 atom stereocenters. The molecule has 0 unspecified atom stereocenters. The quantitative estimate of drug-likeness (QED) is 0.501. The lowest BCUT2D eigenvalue weighted by atomic mass is 10.2. The summed E-state index contributed by atoms with van der Waals surface area (Å²) in [4.78, 5) is 21.4. The van der Waals surface area contributed by atoms with E-state index >= 15 is 0 Å². The molecule has 0 saturated heterocycles. The van der Waals surface area contributed by atoms with Crippen LogP contribution in [0.5, 0.6) is 0 Å². The van der Waals surface area contributed by atoms with Crippen molar-refractivity contribution in [1.82, 2.24) is 24.7 Å². The summed E-state index contributed by atoms with van der Waals surface area (Å²) in [7, 11) is 0. The van der Waals surface area contributed by atoms with E-state index in [1.54, 1.807) is 36.9 Å². The fraction of sp³-hybridized carbons (Fsp3) is 0.136. The molecular formula is C22H21N7O. The largest absolute Gasteiger partial charge is 0.354 e. The lowest BCUT2D eigenvalue weighted by Crippen LogP contribution is -2.13. The summed E-state index contributed by atoms with van der Waals surface area (Å²) in [6, 6.07) is 16.6. The van der Waals surface area contributed by atoms with Gasteiger partial charge in [0, 0.05) is 23.5 Å². The molecule has 4 aromatic rings. The molecule has 3 aromatic heterocycles. The monoisotopic (exact) mass is 399 g/mol. The van der Waals surface area contributed by atoms with Crippen LogP contribution in [-0.2, 0) is 0 Å². The number of nitrogens with one attached hydrogen (secondary N) is 2. The first-order chi connectivity index (χ1) is 14.6. The Morgan fingerprint density at radius 2 is 1.87 bits per heavy atom. The van der Waals surface area contributed by atoms with Gasteiger partial charge in [-0.2, -0.15) is 0 Å². The van der Waals surface area contributed by atoms with E-state index in [0.29, 0.717) is 22.9 Å². The molecule has 0 bridgehead atoms. The van der Waals surface area contributed by atoms with Crippen molar-refractivity contribution in [2.75, 3.05) is 10.6 Å². The smallest absolute Gasteiger partial charge is 0.256 e. The summed E-state index contributed by atoms with van der Waals surface area (Å²) < 4.78 is 1.93. The van der Waals surface area contributed by atoms with Crippen LogP contribution in [0.3, 0.4) is 0 Å². The van der Waals surface area contributed by atoms with E-state index in [9.17, 15) is 4.79 Å². The summed E-state index contributed by atoms with van der Waals surface area (Å²) in [5.41, 5.74) is 2.80. The van der Waals surface area contributed by atoms with Gasteiger partial charge in [0.15, 0.2) is 5.82 Å². The highest BCUT2D eigenvalue weighted by Gasteiger charge is 2.13. The Hall–Kier alpha value is -4.07. The number of hydrogen-bond donors (Lipinski definition) is 2. The second kappa shape index (κ2) is 8.52. The topological polar surface area (TPSA) is 97.6 Å². The molecule has 150 valence electrons. The van der Waals surface area contributed by atoms with E-state index in [1.807, 2.05) is 54.8 Å². The SMILES string of the molecule is CC(C)n1cnnc1-c1cccc(NC(=O)c2cccc(Nc3cccnc3)c2)n1. The Morgan fingerprint density at radius 3 is 2.67 bits per heavy atom. The number of pyridine rings is 2. The molecule has 0 fully saturated rings. The molecule has 3 heterocycles. The number of amides is 1. The zero-order valence-corrected chi connectivity index (χ0v) is 16.6. The molecule has 0 aliphatic rings. The van der Waals surface area contributed by atoms with Crippen molar-refractivity contribution >= 4 is 23.1 Å². The second-order valence-corrected chi connectivity index (χ2v) is 6.97. The van der Waals surface area contributed by atoms with Gasteiger partial charge in [0.05, 0.1) is 11.9 Å². The number of carbonyl (C=O) groups is 1. The van der Waals surface area contributed by atoms with E-state index in [0.717, 1.165) is 11.4 Å². The first-order valence-corrected chi connectivity index (χ1v) is 9.55. The molecule has 0 aliphatic heterocycles. The standard InChI is InChI=1S/C22H21N7O/c1-15(2)29-14-24-28-21(29)19-9-4-10-20(26-19)27-22(30)16-6-3-7-17(12-16)25-18-8-5-11-23-13-18/h3-15,25H,1-2H3,(H,26,27,30). The van der Waals surface area contributed by atoms with Crippen LogP contribution >= 0.6 is 0 Å². The van der Waals surface area contributed by atoms with E-state index in [2.05, 4.69) is 30.8 Å². The molecule has 0 saturated carbocycles. The minimum Gasteiger partial charge on any atom is -0.354 e. The van der Waals surface area contributed by atoms with E-state index in [4.69, 9.17) is 0 Å². The number of anilines is 3. The molecular weight excluding hydrogens is 378 g/mol. The van der Waals surface area contributed by atoms with Crippen molar-refractivity contribution in [1.29, 1.82) is 0 Å². The number of carbonyl (C=O) groups excluding carboxylic acids is 1. The molecule has 8 heteroatoms. The number of hydrogen-bond acceptors (Lipinski definition) is 6. The summed E-state index contributed by atoms with van der Waals surface area (Å²) in [5, 5.41) is 14.2. The molecule has 30 heavy (non-hydrogen) atoms. The number of rotatable bonds is 6. The zero-order valence-electron chi connectivity index (χ0n) is 16.6. The number of aromatic nitrogens is 5. The highest BCUT2D eigenvalue weighted by Crippen LogP contribution is 2.21. The van der Waals surface area contributed by atoms with E-state index in [-0.39, 0.29) is 11.9 Å². The van der Waals surface area contributed by atoms with Gasteiger partial charge in [0.2, 0.25) is 0 Å². The lowest BCUT2D eigenvalue weighted by Gasteiger charge is -2.11. The maximum absolute atomic E-state index is 12.8. The van der Waals surface area contributed by atoms with Gasteiger partial charge in [0.25, 0.3) is 5.91 Å². The van der Waals surface area contributed by atoms with Crippen LogP contribution < -0.4 is 10.6 Å². The summed E-state index contributed by atoms with van der Waals surface area (Å²) in [6.45, 7) is 4.09. The van der Waals surface area contributed by atoms with Crippen LogP contribution in [0, 0.1) is 0 Å². The maximum atomic E-state index is 12.8. The minimum absolute atomic E-state index is 0.199. The molecule has 1 amide bonds. The summed E-state index contributed by atoms with van der Waals surface area (Å²) >= 11 is 0. The maximum Gasteiger partial charge on any atom is 0.256 e. The van der Waals surface area contributed by atoms with Gasteiger partial charge in [-0.05, 0) is 56.3 Å². The molecule has 1 aromatic carbocycles.